The van der Waals surface area contributed by atoms with E-state index in [2.05, 4.69) is 5.32 Å². The number of hydrogen-bond acceptors (Lipinski definition) is 11. The van der Waals surface area contributed by atoms with E-state index in [-0.39, 0.29) is 25.9 Å². The molecule has 1 aliphatic rings. The summed E-state index contributed by atoms with van der Waals surface area (Å²) in [6, 6.07) is 13.7. The molecule has 1 saturated heterocycles. The number of rotatable bonds is 8. The average Bonchev–Trinajstić information content (AvgIpc) is 3.26. The summed E-state index contributed by atoms with van der Waals surface area (Å²) in [7, 11) is 0. The first-order valence-corrected chi connectivity index (χ1v) is 14.4. The van der Waals surface area contributed by atoms with Crippen molar-refractivity contribution in [3.05, 3.63) is 64.4 Å². The van der Waals surface area contributed by atoms with Gasteiger partial charge in [-0.2, -0.15) is 0 Å². The molecule has 1 aliphatic heterocycles. The van der Waals surface area contributed by atoms with E-state index >= 15 is 0 Å². The molecule has 0 spiro atoms. The molecule has 42 heavy (non-hydrogen) atoms. The predicted octanol–water partition coefficient (Wildman–Crippen LogP) is 0.861. The van der Waals surface area contributed by atoms with Crippen molar-refractivity contribution >= 4 is 54.2 Å². The molecule has 14 heteroatoms. The Hall–Kier alpha value is -4.26. The number of fused-ring (bicyclic) bond motifs is 1. The normalized spacial score (nSPS) is 21.7. The average molecular weight is 647 g/mol. The van der Waals surface area contributed by atoms with Crippen molar-refractivity contribution in [2.75, 3.05) is 6.61 Å². The fourth-order valence-electron chi connectivity index (χ4n) is 4.45. The smallest absolute Gasteiger partial charge is 0.253 e. The van der Waals surface area contributed by atoms with Gasteiger partial charge < -0.3 is 0 Å². The van der Waals surface area contributed by atoms with Gasteiger partial charge in [0.25, 0.3) is 0 Å². The summed E-state index contributed by atoms with van der Waals surface area (Å²) in [5.74, 6) is -3.65. The molecule has 0 radical (unpaired) electrons. The third kappa shape index (κ3) is 7.14. The second kappa shape index (κ2) is 13.1. The van der Waals surface area contributed by atoms with Crippen molar-refractivity contribution < 1.29 is 47.7 Å². The standard InChI is InChI=1S/C28H28N2O11Se/c1-14(31)37-13-21-23(38-15(2)32)24(39-16(3)33)25(40-17(4)34)27(41-21)29-26(35)18-9-11-19(12-10-18)30-28(36)20-7-5-6-8-22(20)42-30/h5-12,21,23-25,27H,13H2,1-4H3,(H,29,35)/t21-,23+,24+,25-,27-/m1/s1. The van der Waals surface area contributed by atoms with Gasteiger partial charge >= 0.3 is 211 Å². The van der Waals surface area contributed by atoms with E-state index in [1.165, 1.54) is 12.1 Å². The molecule has 5 atom stereocenters. The second-order valence-electron chi connectivity index (χ2n) is 9.33. The van der Waals surface area contributed by atoms with Crippen LogP contribution < -0.4 is 10.9 Å². The van der Waals surface area contributed by atoms with E-state index in [4.69, 9.17) is 23.7 Å². The van der Waals surface area contributed by atoms with E-state index in [9.17, 15) is 28.8 Å². The first kappa shape index (κ1) is 30.7. The predicted molar refractivity (Wildman–Crippen MR) is 146 cm³/mol. The van der Waals surface area contributed by atoms with E-state index in [0.29, 0.717) is 11.1 Å². The molecule has 3 aromatic rings. The first-order valence-electron chi connectivity index (χ1n) is 12.8. The molecular formula is C28H28N2O11Se. The van der Waals surface area contributed by atoms with Crippen LogP contribution in [0.1, 0.15) is 38.1 Å². The van der Waals surface area contributed by atoms with Gasteiger partial charge in [-0.25, -0.2) is 0 Å². The van der Waals surface area contributed by atoms with E-state index < -0.39 is 67.0 Å². The van der Waals surface area contributed by atoms with Crippen molar-refractivity contribution in [2.24, 2.45) is 0 Å². The SMILES string of the molecule is CC(=O)OC[C@H]1O[C@@H](NC(=O)c2ccc(-n3[se]c4ccccc4c3=O)cc2)[C@H](OC(C)=O)[C@@H](OC(C)=O)[C@H]1OC(C)=O. The number of nitrogens with zero attached hydrogens (tertiary/aromatic N) is 1. The molecule has 1 fully saturated rings. The van der Waals surface area contributed by atoms with Gasteiger partial charge in [-0.3, -0.25) is 14.4 Å². The Kier molecular flexibility index (Phi) is 9.61. The van der Waals surface area contributed by atoms with Crippen LogP contribution in [0.2, 0.25) is 0 Å². The summed E-state index contributed by atoms with van der Waals surface area (Å²) < 4.78 is 29.7. The van der Waals surface area contributed by atoms with Crippen molar-refractivity contribution in [3.8, 4) is 5.69 Å². The molecule has 0 unspecified atom stereocenters. The number of amides is 1. The molecule has 222 valence electrons. The molecule has 4 rings (SSSR count). The van der Waals surface area contributed by atoms with Crippen LogP contribution in [0.5, 0.6) is 0 Å². The number of hydrogen-bond donors (Lipinski definition) is 1. The summed E-state index contributed by atoms with van der Waals surface area (Å²) in [6.45, 7) is 4.06. The van der Waals surface area contributed by atoms with Crippen LogP contribution in [-0.2, 0) is 42.9 Å². The van der Waals surface area contributed by atoms with Crippen LogP contribution in [0.4, 0.5) is 0 Å². The van der Waals surface area contributed by atoms with Gasteiger partial charge in [0.05, 0.1) is 0 Å². The quantitative estimate of drug-likeness (QED) is 0.209. The fourth-order valence-corrected chi connectivity index (χ4v) is 6.54. The molecule has 13 nitrogen and oxygen atoms in total. The zero-order valence-electron chi connectivity index (χ0n) is 23.1. The summed E-state index contributed by atoms with van der Waals surface area (Å²) in [5, 5.41) is 3.25. The molecule has 1 amide bonds. The first-order chi connectivity index (χ1) is 19.9. The molecule has 0 aliphatic carbocycles. The minimum Gasteiger partial charge on any atom is -0.253 e. The van der Waals surface area contributed by atoms with Gasteiger partial charge in [0, 0.05) is 20.8 Å². The number of ether oxygens (including phenoxy) is 5. The molecule has 0 bridgehead atoms. The Balaban J connectivity index is 1.62. The monoisotopic (exact) mass is 648 g/mol. The molecular weight excluding hydrogens is 619 g/mol. The van der Waals surface area contributed by atoms with Gasteiger partial charge in [0.2, 0.25) is 0 Å². The van der Waals surface area contributed by atoms with Crippen molar-refractivity contribution in [1.29, 1.82) is 0 Å². The number of nitrogens with one attached hydrogen (secondary N) is 1. The van der Waals surface area contributed by atoms with Gasteiger partial charge in [0.15, 0.2) is 0 Å². The van der Waals surface area contributed by atoms with Crippen molar-refractivity contribution in [2.45, 2.75) is 58.3 Å². The van der Waals surface area contributed by atoms with Crippen molar-refractivity contribution in [3.63, 3.8) is 0 Å². The summed E-state index contributed by atoms with van der Waals surface area (Å²) >= 11 is -0.258. The second-order valence-corrected chi connectivity index (χ2v) is 11.4. The van der Waals surface area contributed by atoms with Crippen LogP contribution in [0.25, 0.3) is 15.3 Å². The maximum absolute atomic E-state index is 13.3. The Bertz CT molecular complexity index is 1560. The van der Waals surface area contributed by atoms with Crippen molar-refractivity contribution in [1.82, 2.24) is 8.88 Å². The number of benzene rings is 2. The van der Waals surface area contributed by atoms with Gasteiger partial charge in [0.1, 0.15) is 0 Å². The van der Waals surface area contributed by atoms with E-state index in [1.54, 1.807) is 27.8 Å². The van der Waals surface area contributed by atoms with Crippen LogP contribution in [-0.4, -0.2) is 85.3 Å². The Labute approximate surface area is 245 Å². The minimum absolute atomic E-state index is 0.125. The van der Waals surface area contributed by atoms with Crippen LogP contribution in [0.3, 0.4) is 0 Å². The molecule has 1 N–H and O–H groups in total. The number of aromatic nitrogens is 1. The van der Waals surface area contributed by atoms with E-state index in [1.807, 2.05) is 12.1 Å². The van der Waals surface area contributed by atoms with Gasteiger partial charge in [-0.1, -0.05) is 0 Å². The molecule has 0 saturated carbocycles. The van der Waals surface area contributed by atoms with Gasteiger partial charge in [-0.05, 0) is 0 Å². The Morgan fingerprint density at radius 2 is 1.40 bits per heavy atom. The summed E-state index contributed by atoms with van der Waals surface area (Å²) in [6.07, 6.45) is -6.80. The third-order valence-electron chi connectivity index (χ3n) is 6.12. The molecule has 2 heterocycles. The zero-order chi connectivity index (χ0) is 30.6. The van der Waals surface area contributed by atoms with Crippen LogP contribution >= 0.6 is 0 Å². The summed E-state index contributed by atoms with van der Waals surface area (Å²) in [4.78, 5) is 73.5. The fraction of sp³-hybridized carbons (Fsp3) is 0.357. The summed E-state index contributed by atoms with van der Waals surface area (Å²) in [5.41, 5.74) is 0.670. The third-order valence-corrected chi connectivity index (χ3v) is 8.45. The Morgan fingerprint density at radius 3 is 2.00 bits per heavy atom. The van der Waals surface area contributed by atoms with Crippen LogP contribution in [0, 0.1) is 0 Å². The number of carbonyl (C=O) groups excluding carboxylic acids is 5. The maximum atomic E-state index is 13.3. The van der Waals surface area contributed by atoms with Crippen LogP contribution in [0.15, 0.2) is 53.3 Å². The minimum atomic E-state index is -1.43. The molecule has 2 aromatic carbocycles. The van der Waals surface area contributed by atoms with Gasteiger partial charge in [-0.15, -0.1) is 0 Å². The Morgan fingerprint density at radius 1 is 0.810 bits per heavy atom. The van der Waals surface area contributed by atoms with E-state index in [0.717, 1.165) is 32.0 Å². The topological polar surface area (TPSA) is 166 Å². The zero-order valence-corrected chi connectivity index (χ0v) is 24.8. The number of carbonyl (C=O) groups is 5. The number of esters is 4. The molecule has 1 aromatic heterocycles.